The molecule has 0 spiro atoms. The van der Waals surface area contributed by atoms with Crippen molar-refractivity contribution in [3.8, 4) is 17.2 Å². The molecule has 0 radical (unpaired) electrons. The second kappa shape index (κ2) is 9.85. The highest BCUT2D eigenvalue weighted by Crippen LogP contribution is 2.30. The van der Waals surface area contributed by atoms with E-state index in [2.05, 4.69) is 5.32 Å². The summed E-state index contributed by atoms with van der Waals surface area (Å²) in [5.74, 6) is -2.31. The molecule has 1 heterocycles. The van der Waals surface area contributed by atoms with Crippen LogP contribution >= 0.6 is 0 Å². The van der Waals surface area contributed by atoms with E-state index in [0.717, 1.165) is 12.1 Å². The number of amides is 1. The minimum absolute atomic E-state index is 0.115. The molecule has 2 aromatic carbocycles. The fraction of sp³-hybridized carbons (Fsp3) is 0.300. The van der Waals surface area contributed by atoms with E-state index in [1.807, 2.05) is 0 Å². The number of hydrogen-bond donors (Lipinski definition) is 3. The molecule has 172 valence electrons. The minimum Gasteiger partial charge on any atom is -0.508 e. The molecule has 0 unspecified atom stereocenters. The molecule has 1 aliphatic rings. The molecule has 1 amide bonds. The summed E-state index contributed by atoms with van der Waals surface area (Å²) in [6.07, 6.45) is 0. The lowest BCUT2D eigenvalue weighted by Gasteiger charge is -2.26. The molecule has 1 aliphatic heterocycles. The quantitative estimate of drug-likeness (QED) is 0.506. The topological polar surface area (TPSA) is 152 Å². The van der Waals surface area contributed by atoms with Crippen LogP contribution < -0.4 is 10.1 Å². The molecule has 0 atom stereocenters. The van der Waals surface area contributed by atoms with Crippen molar-refractivity contribution in [2.24, 2.45) is 0 Å². The van der Waals surface area contributed by atoms with E-state index in [9.17, 15) is 28.2 Å². The van der Waals surface area contributed by atoms with Crippen LogP contribution in [0.5, 0.6) is 17.2 Å². The lowest BCUT2D eigenvalue weighted by atomic mass is 10.2. The van der Waals surface area contributed by atoms with Gasteiger partial charge in [-0.3, -0.25) is 4.79 Å². The van der Waals surface area contributed by atoms with E-state index in [1.165, 1.54) is 35.7 Å². The van der Waals surface area contributed by atoms with Crippen LogP contribution in [0.4, 0.5) is 5.69 Å². The summed E-state index contributed by atoms with van der Waals surface area (Å²) in [6.45, 7) is 0.265. The van der Waals surface area contributed by atoms with Crippen LogP contribution in [0, 0.1) is 0 Å². The number of anilines is 1. The highest BCUT2D eigenvalue weighted by molar-refractivity contribution is 7.89. The van der Waals surface area contributed by atoms with Crippen molar-refractivity contribution in [1.82, 2.24) is 4.31 Å². The molecule has 1 fully saturated rings. The van der Waals surface area contributed by atoms with E-state index in [-0.39, 0.29) is 53.9 Å². The number of methoxy groups -OCH3 is 1. The van der Waals surface area contributed by atoms with Gasteiger partial charge < -0.3 is 29.7 Å². The first-order chi connectivity index (χ1) is 15.2. The number of hydrogen-bond acceptors (Lipinski definition) is 9. The maximum Gasteiger partial charge on any atom is 0.342 e. The molecular weight excluding hydrogens is 444 g/mol. The number of aromatic hydroxyl groups is 2. The molecule has 32 heavy (non-hydrogen) atoms. The zero-order chi connectivity index (χ0) is 23.3. The molecule has 0 aromatic heterocycles. The second-order valence-electron chi connectivity index (χ2n) is 6.71. The molecule has 3 rings (SSSR count). The van der Waals surface area contributed by atoms with Gasteiger partial charge in [-0.1, -0.05) is 0 Å². The largest absolute Gasteiger partial charge is 0.508 e. The molecule has 0 bridgehead atoms. The summed E-state index contributed by atoms with van der Waals surface area (Å²) >= 11 is 0. The molecule has 12 heteroatoms. The van der Waals surface area contributed by atoms with Crippen LogP contribution in [0.25, 0.3) is 0 Å². The molecule has 0 aliphatic carbocycles. The zero-order valence-corrected chi connectivity index (χ0v) is 17.9. The Kier molecular flexibility index (Phi) is 7.18. The second-order valence-corrected chi connectivity index (χ2v) is 8.61. The summed E-state index contributed by atoms with van der Waals surface area (Å²) < 4.78 is 42.5. The Bertz CT molecular complexity index is 1110. The molecule has 2 aromatic rings. The van der Waals surface area contributed by atoms with Gasteiger partial charge in [-0.25, -0.2) is 13.2 Å². The predicted octanol–water partition coefficient (Wildman–Crippen LogP) is 0.923. The summed E-state index contributed by atoms with van der Waals surface area (Å²) in [5.41, 5.74) is -0.0647. The molecular formula is C20H22N2O9S. The van der Waals surface area contributed by atoms with Crippen molar-refractivity contribution in [3.63, 3.8) is 0 Å². The molecule has 3 N–H and O–H groups in total. The number of benzene rings is 2. The zero-order valence-electron chi connectivity index (χ0n) is 17.1. The number of morpholine rings is 1. The first kappa shape index (κ1) is 23.3. The van der Waals surface area contributed by atoms with Crippen molar-refractivity contribution in [2.75, 3.05) is 45.3 Å². The monoisotopic (exact) mass is 466 g/mol. The van der Waals surface area contributed by atoms with Crippen LogP contribution in [-0.4, -0.2) is 74.8 Å². The van der Waals surface area contributed by atoms with E-state index in [4.69, 9.17) is 14.2 Å². The summed E-state index contributed by atoms with van der Waals surface area (Å²) in [5, 5.41) is 21.4. The van der Waals surface area contributed by atoms with Crippen molar-refractivity contribution in [1.29, 1.82) is 0 Å². The van der Waals surface area contributed by atoms with Gasteiger partial charge in [-0.15, -0.1) is 0 Å². The normalized spacial score (nSPS) is 14.5. The van der Waals surface area contributed by atoms with E-state index in [0.29, 0.717) is 0 Å². The third-order valence-electron chi connectivity index (χ3n) is 4.57. The summed E-state index contributed by atoms with van der Waals surface area (Å²) in [7, 11) is -2.55. The number of phenols is 2. The van der Waals surface area contributed by atoms with Crippen LogP contribution in [-0.2, 0) is 24.3 Å². The highest BCUT2D eigenvalue weighted by Gasteiger charge is 2.29. The van der Waals surface area contributed by atoms with Crippen molar-refractivity contribution >= 4 is 27.6 Å². The van der Waals surface area contributed by atoms with Gasteiger partial charge in [0.2, 0.25) is 10.0 Å². The van der Waals surface area contributed by atoms with Crippen LogP contribution in [0.2, 0.25) is 0 Å². The lowest BCUT2D eigenvalue weighted by Crippen LogP contribution is -2.40. The lowest BCUT2D eigenvalue weighted by molar-refractivity contribution is -0.119. The Morgan fingerprint density at radius 3 is 2.50 bits per heavy atom. The summed E-state index contributed by atoms with van der Waals surface area (Å²) in [4.78, 5) is 24.1. The van der Waals surface area contributed by atoms with Crippen LogP contribution in [0.1, 0.15) is 10.4 Å². The maximum absolute atomic E-state index is 13.0. The van der Waals surface area contributed by atoms with Crippen LogP contribution in [0.15, 0.2) is 41.3 Å². The van der Waals surface area contributed by atoms with Gasteiger partial charge in [-0.05, 0) is 30.3 Å². The SMILES string of the molecule is COc1ccc(NC(=O)COC(=O)c2ccc(O)cc2O)cc1S(=O)(=O)N1CCOCC1. The van der Waals surface area contributed by atoms with Gasteiger partial charge in [-0.2, -0.15) is 4.31 Å². The van der Waals surface area contributed by atoms with Crippen LogP contribution in [0.3, 0.4) is 0 Å². The molecule has 0 saturated carbocycles. The van der Waals surface area contributed by atoms with E-state index >= 15 is 0 Å². The minimum atomic E-state index is -3.89. The number of carbonyl (C=O) groups is 2. The number of phenolic OH excluding ortho intramolecular Hbond substituents is 2. The van der Waals surface area contributed by atoms with E-state index < -0.39 is 34.3 Å². The van der Waals surface area contributed by atoms with Gasteiger partial charge in [0.15, 0.2) is 6.61 Å². The van der Waals surface area contributed by atoms with Crippen molar-refractivity contribution in [2.45, 2.75) is 4.90 Å². The van der Waals surface area contributed by atoms with Gasteiger partial charge in [0.25, 0.3) is 5.91 Å². The number of carbonyl (C=O) groups excluding carboxylic acids is 2. The smallest absolute Gasteiger partial charge is 0.342 e. The average molecular weight is 466 g/mol. The van der Waals surface area contributed by atoms with Gasteiger partial charge in [0.1, 0.15) is 27.7 Å². The Morgan fingerprint density at radius 2 is 1.84 bits per heavy atom. The molecule has 1 saturated heterocycles. The standard InChI is InChI=1S/C20H22N2O9S/c1-29-17-5-2-13(10-18(17)32(27,28)22-6-8-30-9-7-22)21-19(25)12-31-20(26)15-4-3-14(23)11-16(15)24/h2-5,10-11,23-24H,6-9,12H2,1H3,(H,21,25). The van der Waals surface area contributed by atoms with Gasteiger partial charge in [0, 0.05) is 24.8 Å². The Morgan fingerprint density at radius 1 is 1.12 bits per heavy atom. The number of sulfonamides is 1. The Hall–Kier alpha value is -3.35. The van der Waals surface area contributed by atoms with Crippen molar-refractivity contribution < 1.29 is 42.4 Å². The number of ether oxygens (including phenoxy) is 3. The third-order valence-corrected chi connectivity index (χ3v) is 6.49. The highest BCUT2D eigenvalue weighted by atomic mass is 32.2. The Labute approximate surface area is 184 Å². The third kappa shape index (κ3) is 5.28. The fourth-order valence-corrected chi connectivity index (χ4v) is 4.57. The number of esters is 1. The van der Waals surface area contributed by atoms with Gasteiger partial charge in [0.05, 0.1) is 20.3 Å². The number of nitrogens with one attached hydrogen (secondary N) is 1. The average Bonchev–Trinajstić information content (AvgIpc) is 2.78. The maximum atomic E-state index is 13.0. The summed E-state index contributed by atoms with van der Waals surface area (Å²) in [6, 6.07) is 7.41. The fourth-order valence-electron chi connectivity index (χ4n) is 2.98. The Balaban J connectivity index is 1.70. The predicted molar refractivity (Wildman–Crippen MR) is 111 cm³/mol. The number of rotatable bonds is 7. The first-order valence-corrected chi connectivity index (χ1v) is 10.9. The van der Waals surface area contributed by atoms with Crippen molar-refractivity contribution in [3.05, 3.63) is 42.0 Å². The number of nitrogens with zero attached hydrogens (tertiary/aromatic N) is 1. The first-order valence-electron chi connectivity index (χ1n) is 9.47. The molecule has 11 nitrogen and oxygen atoms in total. The van der Waals surface area contributed by atoms with Gasteiger partial charge >= 0.3 is 5.97 Å². The van der Waals surface area contributed by atoms with E-state index in [1.54, 1.807) is 0 Å².